The maximum Gasteiger partial charge on any atom is 0.254 e. The highest BCUT2D eigenvalue weighted by Gasteiger charge is 2.44. The number of amides is 2. The normalized spacial score (nSPS) is 22.5. The second-order valence-corrected chi connectivity index (χ2v) is 12.1. The summed E-state index contributed by atoms with van der Waals surface area (Å²) >= 11 is 0. The van der Waals surface area contributed by atoms with Gasteiger partial charge >= 0.3 is 0 Å². The van der Waals surface area contributed by atoms with Gasteiger partial charge in [0.1, 0.15) is 11.4 Å². The van der Waals surface area contributed by atoms with Crippen molar-refractivity contribution in [3.8, 4) is 5.75 Å². The maximum atomic E-state index is 15.6. The predicted molar refractivity (Wildman–Crippen MR) is 165 cm³/mol. The van der Waals surface area contributed by atoms with Crippen LogP contribution in [0.1, 0.15) is 65.7 Å². The molecule has 3 aliphatic heterocycles. The monoisotopic (exact) mass is 601 g/mol. The van der Waals surface area contributed by atoms with Gasteiger partial charge in [-0.25, -0.2) is 4.39 Å². The van der Waals surface area contributed by atoms with E-state index in [1.165, 1.54) is 22.6 Å². The molecule has 3 heterocycles. The number of fused-ring (bicyclic) bond motifs is 1. The molecular formula is C35H40FN3O5. The van der Waals surface area contributed by atoms with Crippen molar-refractivity contribution in [3.63, 3.8) is 0 Å². The van der Waals surface area contributed by atoms with E-state index in [1.54, 1.807) is 6.07 Å². The molecule has 2 saturated heterocycles. The molecular weight excluding hydrogens is 561 g/mol. The summed E-state index contributed by atoms with van der Waals surface area (Å²) in [5.41, 5.74) is 2.71. The van der Waals surface area contributed by atoms with E-state index in [-0.39, 0.29) is 29.7 Å². The van der Waals surface area contributed by atoms with Gasteiger partial charge in [-0.3, -0.25) is 9.59 Å². The smallest absolute Gasteiger partial charge is 0.254 e. The highest BCUT2D eigenvalue weighted by molar-refractivity contribution is 5.99. The number of nitrogens with zero attached hydrogens (tertiary/aromatic N) is 1. The molecule has 6 rings (SSSR count). The van der Waals surface area contributed by atoms with E-state index in [2.05, 4.69) is 29.7 Å². The standard InChI is InChI=1S/C35H40FN3O5/c1-2-23-13-14-31-26(18-23)28(20-35(44-31)15-17-43-22-35)37-21-30(40)27(19-24-8-4-3-5-9-24)38-34(42)25-10-6-11-29(33(25)36)39-16-7-12-32(39)41/h3-6,8-11,13-14,18,27-28,30,37,40H,2,7,12,15-17,19-22H2,1H3,(H,38,42)/t27-,28-,30+,35?/m0/s1. The van der Waals surface area contributed by atoms with Crippen LogP contribution in [0.15, 0.2) is 66.7 Å². The van der Waals surface area contributed by atoms with Crippen LogP contribution >= 0.6 is 0 Å². The van der Waals surface area contributed by atoms with Crippen LogP contribution in [-0.4, -0.2) is 61.0 Å². The summed E-state index contributed by atoms with van der Waals surface area (Å²) in [6.45, 7) is 3.89. The van der Waals surface area contributed by atoms with E-state index < -0.39 is 29.5 Å². The summed E-state index contributed by atoms with van der Waals surface area (Å²) in [5, 5.41) is 18.0. The van der Waals surface area contributed by atoms with Gasteiger partial charge in [-0.05, 0) is 48.6 Å². The molecule has 3 aromatic carbocycles. The molecule has 1 unspecified atom stereocenters. The number of aryl methyl sites for hydroxylation is 1. The quantitative estimate of drug-likeness (QED) is 0.317. The Morgan fingerprint density at radius 3 is 2.70 bits per heavy atom. The number of carbonyl (C=O) groups excluding carboxylic acids is 2. The van der Waals surface area contributed by atoms with Gasteiger partial charge in [0.2, 0.25) is 5.91 Å². The molecule has 9 heteroatoms. The third-order valence-electron chi connectivity index (χ3n) is 9.07. The average molecular weight is 602 g/mol. The predicted octanol–water partition coefficient (Wildman–Crippen LogP) is 4.49. The molecule has 0 aromatic heterocycles. The zero-order chi connectivity index (χ0) is 30.7. The molecule has 3 aromatic rings. The third-order valence-corrected chi connectivity index (χ3v) is 9.07. The molecule has 2 amide bonds. The summed E-state index contributed by atoms with van der Waals surface area (Å²) in [4.78, 5) is 27.2. The topological polar surface area (TPSA) is 100 Å². The van der Waals surface area contributed by atoms with Crippen LogP contribution in [0, 0.1) is 5.82 Å². The Labute approximate surface area is 257 Å². The summed E-state index contributed by atoms with van der Waals surface area (Å²) in [5.74, 6) is -0.702. The number of hydrogen-bond acceptors (Lipinski definition) is 6. The Hall–Kier alpha value is -3.79. The summed E-state index contributed by atoms with van der Waals surface area (Å²) < 4.78 is 27.8. The average Bonchev–Trinajstić information content (AvgIpc) is 3.68. The first-order valence-corrected chi connectivity index (χ1v) is 15.6. The molecule has 3 N–H and O–H groups in total. The summed E-state index contributed by atoms with van der Waals surface area (Å²) in [7, 11) is 0. The molecule has 2 fully saturated rings. The van der Waals surface area contributed by atoms with Crippen molar-refractivity contribution < 1.29 is 28.6 Å². The number of anilines is 1. The van der Waals surface area contributed by atoms with Crippen LogP contribution in [0.25, 0.3) is 0 Å². The Kier molecular flexibility index (Phi) is 8.98. The minimum absolute atomic E-state index is 0.0817. The van der Waals surface area contributed by atoms with Crippen molar-refractivity contribution in [1.82, 2.24) is 10.6 Å². The highest BCUT2D eigenvalue weighted by Crippen LogP contribution is 2.43. The molecule has 232 valence electrons. The second-order valence-electron chi connectivity index (χ2n) is 12.1. The minimum atomic E-state index is -0.984. The van der Waals surface area contributed by atoms with Gasteiger partial charge in [0.25, 0.3) is 5.91 Å². The number of halogens is 1. The zero-order valence-corrected chi connectivity index (χ0v) is 25.1. The highest BCUT2D eigenvalue weighted by atomic mass is 19.1. The van der Waals surface area contributed by atoms with Crippen molar-refractivity contribution in [3.05, 3.63) is 94.8 Å². The number of hydrogen-bond donors (Lipinski definition) is 3. The van der Waals surface area contributed by atoms with E-state index >= 15 is 4.39 Å². The van der Waals surface area contributed by atoms with Crippen LogP contribution in [-0.2, 0) is 22.4 Å². The van der Waals surface area contributed by atoms with E-state index in [4.69, 9.17) is 9.47 Å². The summed E-state index contributed by atoms with van der Waals surface area (Å²) in [6, 6.07) is 19.6. The number of aliphatic hydroxyl groups excluding tert-OH is 1. The number of rotatable bonds is 10. The van der Waals surface area contributed by atoms with Crippen LogP contribution in [0.2, 0.25) is 0 Å². The van der Waals surface area contributed by atoms with E-state index in [9.17, 15) is 14.7 Å². The van der Waals surface area contributed by atoms with Gasteiger partial charge in [0.05, 0.1) is 36.6 Å². The van der Waals surface area contributed by atoms with Gasteiger partial charge < -0.3 is 30.1 Å². The fourth-order valence-electron chi connectivity index (χ4n) is 6.56. The van der Waals surface area contributed by atoms with E-state index in [0.29, 0.717) is 45.4 Å². The second kappa shape index (κ2) is 13.1. The van der Waals surface area contributed by atoms with Crippen molar-refractivity contribution in [2.75, 3.05) is 31.2 Å². The molecule has 0 saturated carbocycles. The SMILES string of the molecule is CCc1ccc2c(c1)[C@@H](NC[C@@H](O)[C@H](Cc1ccccc1)NC(=O)c1cccc(N3CCCC3=O)c1F)CC1(CCOC1)O2. The molecule has 0 aliphatic carbocycles. The first-order valence-electron chi connectivity index (χ1n) is 15.6. The Morgan fingerprint density at radius 1 is 1.14 bits per heavy atom. The number of carbonyl (C=O) groups is 2. The molecule has 44 heavy (non-hydrogen) atoms. The first-order chi connectivity index (χ1) is 21.4. The van der Waals surface area contributed by atoms with Gasteiger partial charge in [0.15, 0.2) is 5.82 Å². The molecule has 0 radical (unpaired) electrons. The number of ether oxygens (including phenoxy) is 2. The van der Waals surface area contributed by atoms with Crippen LogP contribution in [0.3, 0.4) is 0 Å². The van der Waals surface area contributed by atoms with E-state index in [0.717, 1.165) is 29.7 Å². The van der Waals surface area contributed by atoms with Gasteiger partial charge in [-0.15, -0.1) is 0 Å². The van der Waals surface area contributed by atoms with Crippen molar-refractivity contribution in [1.29, 1.82) is 0 Å². The van der Waals surface area contributed by atoms with Crippen LogP contribution in [0.5, 0.6) is 5.75 Å². The minimum Gasteiger partial charge on any atom is -0.484 e. The molecule has 3 aliphatic rings. The Morgan fingerprint density at radius 2 is 1.98 bits per heavy atom. The van der Waals surface area contributed by atoms with Crippen molar-refractivity contribution >= 4 is 17.5 Å². The van der Waals surface area contributed by atoms with E-state index in [1.807, 2.05) is 36.4 Å². The molecule has 0 bridgehead atoms. The lowest BCUT2D eigenvalue weighted by molar-refractivity contribution is -0.117. The number of nitrogens with one attached hydrogen (secondary N) is 2. The molecule has 1 spiro atoms. The molecule has 8 nitrogen and oxygen atoms in total. The van der Waals surface area contributed by atoms with Crippen LogP contribution < -0.4 is 20.3 Å². The Bertz CT molecular complexity index is 1490. The van der Waals surface area contributed by atoms with Gasteiger partial charge in [0, 0.05) is 44.0 Å². The molecule has 4 atom stereocenters. The van der Waals surface area contributed by atoms with Crippen molar-refractivity contribution in [2.45, 2.75) is 69.2 Å². The van der Waals surface area contributed by atoms with Gasteiger partial charge in [-0.1, -0.05) is 55.5 Å². The van der Waals surface area contributed by atoms with Crippen LogP contribution in [0.4, 0.5) is 10.1 Å². The maximum absolute atomic E-state index is 15.6. The van der Waals surface area contributed by atoms with Crippen molar-refractivity contribution in [2.24, 2.45) is 0 Å². The number of benzene rings is 3. The zero-order valence-electron chi connectivity index (χ0n) is 25.1. The summed E-state index contributed by atoms with van der Waals surface area (Å²) in [6.07, 6.45) is 2.77. The number of aliphatic hydroxyl groups is 1. The third kappa shape index (κ3) is 6.36. The fraction of sp³-hybridized carbons (Fsp3) is 0.429. The van der Waals surface area contributed by atoms with Gasteiger partial charge in [-0.2, -0.15) is 0 Å². The lowest BCUT2D eigenvalue weighted by Gasteiger charge is -2.40. The lowest BCUT2D eigenvalue weighted by atomic mass is 9.85. The fourth-order valence-corrected chi connectivity index (χ4v) is 6.56. The first kappa shape index (κ1) is 30.2. The Balaban J connectivity index is 1.21. The largest absolute Gasteiger partial charge is 0.484 e. The lowest BCUT2D eigenvalue weighted by Crippen LogP contribution is -2.51.